The summed E-state index contributed by atoms with van der Waals surface area (Å²) < 4.78 is 6.01. The monoisotopic (exact) mass is 413 g/mol. The molecule has 4 rings (SSSR count). The second-order valence-corrected chi connectivity index (χ2v) is 8.08. The number of aromatic nitrogens is 1. The first kappa shape index (κ1) is 19.8. The van der Waals surface area contributed by atoms with E-state index in [0.717, 1.165) is 55.1 Å². The highest BCUT2D eigenvalue weighted by molar-refractivity contribution is 6.32. The lowest BCUT2D eigenvalue weighted by molar-refractivity contribution is 0.296. The van der Waals surface area contributed by atoms with Crippen molar-refractivity contribution in [3.63, 3.8) is 0 Å². The normalized spacial score (nSPS) is 19.3. The van der Waals surface area contributed by atoms with Crippen molar-refractivity contribution in [1.29, 1.82) is 0 Å². The summed E-state index contributed by atoms with van der Waals surface area (Å²) in [5.41, 5.74) is 1.14. The first-order chi connectivity index (χ1) is 14.2. The standard InChI is InChI=1S/C22H28ClN5O/c1-24-22(26-13-17-5-2-3-7-20(17)29-15-16-8-9-16)27-18-10-12-28(14-18)21-19(23)6-4-11-25-21/h2-7,11,16,18H,8-10,12-15H2,1H3,(H2,24,26,27). The maximum atomic E-state index is 6.29. The van der Waals surface area contributed by atoms with Crippen molar-refractivity contribution in [3.8, 4) is 5.75 Å². The molecule has 2 aromatic rings. The van der Waals surface area contributed by atoms with Gasteiger partial charge in [-0.1, -0.05) is 29.8 Å². The molecule has 2 aliphatic rings. The van der Waals surface area contributed by atoms with Gasteiger partial charge in [-0.3, -0.25) is 4.99 Å². The third-order valence-electron chi connectivity index (χ3n) is 5.38. The molecule has 1 aliphatic carbocycles. The van der Waals surface area contributed by atoms with Crippen molar-refractivity contribution >= 4 is 23.4 Å². The van der Waals surface area contributed by atoms with E-state index < -0.39 is 0 Å². The van der Waals surface area contributed by atoms with E-state index in [4.69, 9.17) is 16.3 Å². The number of para-hydroxylation sites is 1. The molecule has 1 aromatic heterocycles. The second kappa shape index (κ2) is 9.35. The van der Waals surface area contributed by atoms with Crippen molar-refractivity contribution < 1.29 is 4.74 Å². The number of benzene rings is 1. The van der Waals surface area contributed by atoms with E-state index in [1.54, 1.807) is 13.2 Å². The van der Waals surface area contributed by atoms with Crippen LogP contribution >= 0.6 is 11.6 Å². The van der Waals surface area contributed by atoms with Crippen LogP contribution in [0.2, 0.25) is 5.02 Å². The number of nitrogens with one attached hydrogen (secondary N) is 2. The van der Waals surface area contributed by atoms with Gasteiger partial charge in [-0.15, -0.1) is 0 Å². The molecule has 1 aliphatic heterocycles. The molecule has 0 bridgehead atoms. The van der Waals surface area contributed by atoms with Crippen LogP contribution in [0.25, 0.3) is 0 Å². The fourth-order valence-corrected chi connectivity index (χ4v) is 3.77. The number of guanidine groups is 1. The number of anilines is 1. The molecule has 1 saturated carbocycles. The smallest absolute Gasteiger partial charge is 0.191 e. The second-order valence-electron chi connectivity index (χ2n) is 7.67. The molecule has 7 heteroatoms. The minimum absolute atomic E-state index is 0.292. The molecule has 1 unspecified atom stereocenters. The molecule has 0 spiro atoms. The molecule has 2 fully saturated rings. The summed E-state index contributed by atoms with van der Waals surface area (Å²) in [6.07, 6.45) is 5.37. The largest absolute Gasteiger partial charge is 0.493 e. The Morgan fingerprint density at radius 1 is 1.24 bits per heavy atom. The fraction of sp³-hybridized carbons (Fsp3) is 0.455. The molecule has 0 radical (unpaired) electrons. The van der Waals surface area contributed by atoms with Gasteiger partial charge in [0.15, 0.2) is 5.96 Å². The van der Waals surface area contributed by atoms with Crippen molar-refractivity contribution in [2.24, 2.45) is 10.9 Å². The summed E-state index contributed by atoms with van der Waals surface area (Å²) in [6, 6.07) is 12.2. The predicted octanol–water partition coefficient (Wildman–Crippen LogP) is 3.47. The molecular weight excluding hydrogens is 386 g/mol. The van der Waals surface area contributed by atoms with Gasteiger partial charge in [-0.25, -0.2) is 4.98 Å². The Morgan fingerprint density at radius 2 is 2.10 bits per heavy atom. The van der Waals surface area contributed by atoms with E-state index in [0.29, 0.717) is 17.6 Å². The zero-order chi connectivity index (χ0) is 20.1. The summed E-state index contributed by atoms with van der Waals surface area (Å²) in [4.78, 5) is 11.0. The van der Waals surface area contributed by atoms with Gasteiger partial charge in [0.2, 0.25) is 0 Å². The molecular formula is C22H28ClN5O. The minimum Gasteiger partial charge on any atom is -0.493 e. The van der Waals surface area contributed by atoms with E-state index in [1.165, 1.54) is 12.8 Å². The van der Waals surface area contributed by atoms with Crippen LogP contribution in [0.1, 0.15) is 24.8 Å². The maximum absolute atomic E-state index is 6.29. The van der Waals surface area contributed by atoms with Crippen LogP contribution in [0.5, 0.6) is 5.75 Å². The van der Waals surface area contributed by atoms with Crippen LogP contribution in [0.4, 0.5) is 5.82 Å². The predicted molar refractivity (Wildman–Crippen MR) is 118 cm³/mol. The molecule has 0 amide bonds. The third-order valence-corrected chi connectivity index (χ3v) is 5.68. The molecule has 1 aromatic carbocycles. The highest BCUT2D eigenvalue weighted by Gasteiger charge is 2.25. The fourth-order valence-electron chi connectivity index (χ4n) is 3.53. The Morgan fingerprint density at radius 3 is 2.90 bits per heavy atom. The van der Waals surface area contributed by atoms with Crippen LogP contribution in [0.15, 0.2) is 47.6 Å². The SMILES string of the molecule is CN=C(NCc1ccccc1OCC1CC1)NC1CCN(c2ncccc2Cl)C1. The zero-order valence-electron chi connectivity index (χ0n) is 16.8. The number of hydrogen-bond acceptors (Lipinski definition) is 4. The Hall–Kier alpha value is -2.47. The van der Waals surface area contributed by atoms with Gasteiger partial charge in [0.1, 0.15) is 11.6 Å². The maximum Gasteiger partial charge on any atom is 0.191 e. The van der Waals surface area contributed by atoms with Crippen molar-refractivity contribution in [2.45, 2.75) is 31.8 Å². The summed E-state index contributed by atoms with van der Waals surface area (Å²) in [6.45, 7) is 3.25. The van der Waals surface area contributed by atoms with Crippen LogP contribution in [0.3, 0.4) is 0 Å². The first-order valence-corrected chi connectivity index (χ1v) is 10.6. The lowest BCUT2D eigenvalue weighted by atomic mass is 10.2. The van der Waals surface area contributed by atoms with E-state index in [-0.39, 0.29) is 0 Å². The third kappa shape index (κ3) is 5.32. The van der Waals surface area contributed by atoms with Crippen molar-refractivity contribution in [1.82, 2.24) is 15.6 Å². The molecule has 1 saturated heterocycles. The van der Waals surface area contributed by atoms with Crippen LogP contribution in [-0.2, 0) is 6.54 Å². The highest BCUT2D eigenvalue weighted by atomic mass is 35.5. The number of nitrogens with zero attached hydrogens (tertiary/aromatic N) is 3. The van der Waals surface area contributed by atoms with E-state index in [9.17, 15) is 0 Å². The molecule has 29 heavy (non-hydrogen) atoms. The van der Waals surface area contributed by atoms with Crippen LogP contribution < -0.4 is 20.3 Å². The first-order valence-electron chi connectivity index (χ1n) is 10.3. The van der Waals surface area contributed by atoms with Crippen molar-refractivity contribution in [2.75, 3.05) is 31.6 Å². The van der Waals surface area contributed by atoms with Gasteiger partial charge >= 0.3 is 0 Å². The summed E-state index contributed by atoms with van der Waals surface area (Å²) >= 11 is 6.29. The van der Waals surface area contributed by atoms with Gasteiger partial charge in [-0.05, 0) is 43.4 Å². The lowest BCUT2D eigenvalue weighted by Gasteiger charge is -2.20. The van der Waals surface area contributed by atoms with Crippen molar-refractivity contribution in [3.05, 3.63) is 53.2 Å². The molecule has 2 heterocycles. The average Bonchev–Trinajstić information content (AvgIpc) is 3.47. The quantitative estimate of drug-likeness (QED) is 0.537. The molecule has 1 atom stereocenters. The molecule has 6 nitrogen and oxygen atoms in total. The number of pyridine rings is 1. The highest BCUT2D eigenvalue weighted by Crippen LogP contribution is 2.30. The van der Waals surface area contributed by atoms with Gasteiger partial charge in [0.25, 0.3) is 0 Å². The lowest BCUT2D eigenvalue weighted by Crippen LogP contribution is -2.44. The Kier molecular flexibility index (Phi) is 6.39. The number of aliphatic imine (C=N–C) groups is 1. The molecule has 2 N–H and O–H groups in total. The van der Waals surface area contributed by atoms with Gasteiger partial charge in [-0.2, -0.15) is 0 Å². The number of rotatable bonds is 7. The van der Waals surface area contributed by atoms with Crippen LogP contribution in [0, 0.1) is 5.92 Å². The Balaban J connectivity index is 1.30. The summed E-state index contributed by atoms with van der Waals surface area (Å²) in [5, 5.41) is 7.63. The summed E-state index contributed by atoms with van der Waals surface area (Å²) in [7, 11) is 1.80. The zero-order valence-corrected chi connectivity index (χ0v) is 17.5. The Bertz CT molecular complexity index is 855. The number of ether oxygens (including phenoxy) is 1. The molecule has 154 valence electrons. The van der Waals surface area contributed by atoms with E-state index >= 15 is 0 Å². The van der Waals surface area contributed by atoms with Crippen LogP contribution in [-0.4, -0.2) is 43.7 Å². The topological polar surface area (TPSA) is 61.8 Å². The Labute approximate surface area is 177 Å². The minimum atomic E-state index is 0.292. The van der Waals surface area contributed by atoms with Gasteiger partial charge < -0.3 is 20.3 Å². The van der Waals surface area contributed by atoms with E-state index in [1.807, 2.05) is 30.3 Å². The summed E-state index contributed by atoms with van der Waals surface area (Å²) in [5.74, 6) is 3.34. The number of hydrogen-bond donors (Lipinski definition) is 2. The number of halogens is 1. The van der Waals surface area contributed by atoms with Gasteiger partial charge in [0.05, 0.1) is 11.6 Å². The van der Waals surface area contributed by atoms with Gasteiger partial charge in [0, 0.05) is 44.5 Å². The van der Waals surface area contributed by atoms with E-state index in [2.05, 4.69) is 31.6 Å². The average molecular weight is 414 g/mol.